The summed E-state index contributed by atoms with van der Waals surface area (Å²) in [5.41, 5.74) is 1.11. The molecule has 0 atom stereocenters. The van der Waals surface area contributed by atoms with E-state index in [1.165, 1.54) is 6.92 Å². The first-order chi connectivity index (χ1) is 5.11. The van der Waals surface area contributed by atoms with Gasteiger partial charge >= 0.3 is 0 Å². The van der Waals surface area contributed by atoms with Gasteiger partial charge < -0.3 is 10.2 Å². The van der Waals surface area contributed by atoms with Crippen molar-refractivity contribution < 1.29 is 15.0 Å². The third-order valence-electron chi connectivity index (χ3n) is 1.68. The number of hydrogen-bond donors (Lipinski definition) is 2. The molecule has 3 nitrogen and oxygen atoms in total. The standard InChI is InChI=1S/C8H10O3/c1-5(9)6-2-3-7(4-6)8(10)11/h2-3,8,10-11H,4H2,1H3. The van der Waals surface area contributed by atoms with E-state index in [0.29, 0.717) is 17.6 Å². The maximum Gasteiger partial charge on any atom is 0.174 e. The van der Waals surface area contributed by atoms with Crippen molar-refractivity contribution in [3.05, 3.63) is 23.3 Å². The van der Waals surface area contributed by atoms with Crippen molar-refractivity contribution in [3.8, 4) is 0 Å². The summed E-state index contributed by atoms with van der Waals surface area (Å²) in [4.78, 5) is 10.7. The summed E-state index contributed by atoms with van der Waals surface area (Å²) < 4.78 is 0. The van der Waals surface area contributed by atoms with Crippen LogP contribution in [0.15, 0.2) is 23.3 Å². The molecule has 0 aromatic heterocycles. The van der Waals surface area contributed by atoms with Gasteiger partial charge in [-0.25, -0.2) is 0 Å². The Morgan fingerprint density at radius 2 is 2.18 bits per heavy atom. The lowest BCUT2D eigenvalue weighted by Crippen LogP contribution is -2.08. The second kappa shape index (κ2) is 2.98. The molecule has 0 fully saturated rings. The number of hydrogen-bond acceptors (Lipinski definition) is 3. The first-order valence-corrected chi connectivity index (χ1v) is 3.38. The van der Waals surface area contributed by atoms with E-state index in [1.54, 1.807) is 12.2 Å². The Hall–Kier alpha value is -0.930. The molecule has 0 unspecified atom stereocenters. The highest BCUT2D eigenvalue weighted by Crippen LogP contribution is 2.21. The molecular formula is C8H10O3. The Bertz CT molecular complexity index is 236. The summed E-state index contributed by atoms with van der Waals surface area (Å²) in [5, 5.41) is 17.4. The van der Waals surface area contributed by atoms with Gasteiger partial charge in [0.25, 0.3) is 0 Å². The maximum atomic E-state index is 10.7. The summed E-state index contributed by atoms with van der Waals surface area (Å²) >= 11 is 0. The van der Waals surface area contributed by atoms with Crippen molar-refractivity contribution >= 4 is 5.78 Å². The molecule has 0 bridgehead atoms. The van der Waals surface area contributed by atoms with Crippen LogP contribution in [-0.4, -0.2) is 22.3 Å². The fourth-order valence-corrected chi connectivity index (χ4v) is 0.965. The summed E-state index contributed by atoms with van der Waals surface area (Å²) in [6, 6.07) is 0. The Labute approximate surface area is 64.7 Å². The van der Waals surface area contributed by atoms with E-state index in [2.05, 4.69) is 0 Å². The molecule has 1 aliphatic carbocycles. The van der Waals surface area contributed by atoms with Crippen LogP contribution in [0.4, 0.5) is 0 Å². The number of aliphatic hydroxyl groups is 2. The second-order valence-electron chi connectivity index (χ2n) is 2.54. The van der Waals surface area contributed by atoms with Gasteiger partial charge in [0.15, 0.2) is 12.1 Å². The quantitative estimate of drug-likeness (QED) is 0.556. The van der Waals surface area contributed by atoms with Crippen molar-refractivity contribution in [1.29, 1.82) is 0 Å². The van der Waals surface area contributed by atoms with E-state index in [0.717, 1.165) is 0 Å². The van der Waals surface area contributed by atoms with Crippen molar-refractivity contribution in [3.63, 3.8) is 0 Å². The van der Waals surface area contributed by atoms with Gasteiger partial charge in [0.05, 0.1) is 0 Å². The topological polar surface area (TPSA) is 57.5 Å². The Morgan fingerprint density at radius 1 is 1.55 bits per heavy atom. The van der Waals surface area contributed by atoms with Gasteiger partial charge in [-0.05, 0) is 18.1 Å². The lowest BCUT2D eigenvalue weighted by Gasteiger charge is -2.03. The molecule has 0 amide bonds. The molecule has 0 aromatic carbocycles. The third kappa shape index (κ3) is 1.76. The van der Waals surface area contributed by atoms with Crippen LogP contribution in [-0.2, 0) is 4.79 Å². The molecule has 11 heavy (non-hydrogen) atoms. The fraction of sp³-hybridized carbons (Fsp3) is 0.375. The Morgan fingerprint density at radius 3 is 2.45 bits per heavy atom. The molecule has 1 rings (SSSR count). The third-order valence-corrected chi connectivity index (χ3v) is 1.68. The number of carbonyl (C=O) groups excluding carboxylic acids is 1. The highest BCUT2D eigenvalue weighted by atomic mass is 16.5. The van der Waals surface area contributed by atoms with Crippen LogP contribution in [0.3, 0.4) is 0 Å². The first kappa shape index (κ1) is 8.17. The van der Waals surface area contributed by atoms with Crippen LogP contribution >= 0.6 is 0 Å². The van der Waals surface area contributed by atoms with Gasteiger partial charge in [-0.3, -0.25) is 4.79 Å². The molecule has 0 saturated heterocycles. The molecular weight excluding hydrogens is 144 g/mol. The second-order valence-corrected chi connectivity index (χ2v) is 2.54. The molecule has 3 heteroatoms. The van der Waals surface area contributed by atoms with Gasteiger partial charge in [0, 0.05) is 6.42 Å². The summed E-state index contributed by atoms with van der Waals surface area (Å²) in [6.07, 6.45) is 2.13. The first-order valence-electron chi connectivity index (χ1n) is 3.38. The Kier molecular flexibility index (Phi) is 2.22. The minimum atomic E-state index is -1.43. The van der Waals surface area contributed by atoms with E-state index in [9.17, 15) is 4.79 Å². The zero-order valence-electron chi connectivity index (χ0n) is 6.24. The fourth-order valence-electron chi connectivity index (χ4n) is 0.965. The van der Waals surface area contributed by atoms with E-state index in [-0.39, 0.29) is 5.78 Å². The lowest BCUT2D eigenvalue weighted by atomic mass is 10.1. The largest absolute Gasteiger partial charge is 0.365 e. The van der Waals surface area contributed by atoms with E-state index >= 15 is 0 Å². The van der Waals surface area contributed by atoms with Crippen LogP contribution in [0.25, 0.3) is 0 Å². The smallest absolute Gasteiger partial charge is 0.174 e. The van der Waals surface area contributed by atoms with Crippen LogP contribution in [0, 0.1) is 0 Å². The van der Waals surface area contributed by atoms with Crippen LogP contribution in [0.2, 0.25) is 0 Å². The monoisotopic (exact) mass is 154 g/mol. The highest BCUT2D eigenvalue weighted by Gasteiger charge is 2.15. The van der Waals surface area contributed by atoms with Crippen LogP contribution in [0.5, 0.6) is 0 Å². The minimum absolute atomic E-state index is 0.0168. The Balaban J connectivity index is 2.59. The molecule has 1 aliphatic rings. The lowest BCUT2D eigenvalue weighted by molar-refractivity contribution is -0.113. The van der Waals surface area contributed by atoms with Crippen LogP contribution in [0.1, 0.15) is 13.3 Å². The maximum absolute atomic E-state index is 10.7. The molecule has 0 aliphatic heterocycles. The molecule has 0 saturated carbocycles. The molecule has 0 aromatic rings. The zero-order valence-corrected chi connectivity index (χ0v) is 6.24. The molecule has 60 valence electrons. The predicted octanol–water partition coefficient (Wildman–Crippen LogP) is 0.143. The summed E-state index contributed by atoms with van der Waals surface area (Å²) in [7, 11) is 0. The van der Waals surface area contributed by atoms with E-state index in [1.807, 2.05) is 0 Å². The van der Waals surface area contributed by atoms with Crippen molar-refractivity contribution in [1.82, 2.24) is 0 Å². The van der Waals surface area contributed by atoms with E-state index in [4.69, 9.17) is 10.2 Å². The van der Waals surface area contributed by atoms with Gasteiger partial charge in [-0.2, -0.15) is 0 Å². The SMILES string of the molecule is CC(=O)C1=CC=C(C(O)O)C1. The number of carbonyl (C=O) groups is 1. The molecule has 0 heterocycles. The number of aliphatic hydroxyl groups excluding tert-OH is 1. The number of allylic oxidation sites excluding steroid dienone is 3. The average molecular weight is 154 g/mol. The van der Waals surface area contributed by atoms with Crippen molar-refractivity contribution in [2.24, 2.45) is 0 Å². The zero-order chi connectivity index (χ0) is 8.43. The van der Waals surface area contributed by atoms with E-state index < -0.39 is 6.29 Å². The summed E-state index contributed by atoms with van der Waals surface area (Å²) in [5.74, 6) is -0.0168. The predicted molar refractivity (Wildman–Crippen MR) is 39.7 cm³/mol. The van der Waals surface area contributed by atoms with Crippen molar-refractivity contribution in [2.45, 2.75) is 19.6 Å². The number of ketones is 1. The molecule has 0 spiro atoms. The van der Waals surface area contributed by atoms with Gasteiger partial charge in [0.1, 0.15) is 0 Å². The minimum Gasteiger partial charge on any atom is -0.365 e. The van der Waals surface area contributed by atoms with Crippen LogP contribution < -0.4 is 0 Å². The van der Waals surface area contributed by atoms with Gasteiger partial charge in [-0.1, -0.05) is 12.2 Å². The molecule has 2 N–H and O–H groups in total. The summed E-state index contributed by atoms with van der Waals surface area (Å²) in [6.45, 7) is 1.46. The number of rotatable bonds is 2. The average Bonchev–Trinajstić information content (AvgIpc) is 2.33. The normalized spacial score (nSPS) is 16.7. The van der Waals surface area contributed by atoms with Crippen molar-refractivity contribution in [2.75, 3.05) is 0 Å². The van der Waals surface area contributed by atoms with Gasteiger partial charge in [0.2, 0.25) is 0 Å². The highest BCUT2D eigenvalue weighted by molar-refractivity contribution is 5.94. The van der Waals surface area contributed by atoms with Gasteiger partial charge in [-0.15, -0.1) is 0 Å². The molecule has 0 radical (unpaired) electrons. The number of Topliss-reactive ketones (excluding diaryl/α,β-unsaturated/α-hetero) is 1.